The highest BCUT2D eigenvalue weighted by Crippen LogP contribution is 2.30. The summed E-state index contributed by atoms with van der Waals surface area (Å²) >= 11 is 0. The van der Waals surface area contributed by atoms with E-state index in [-0.39, 0.29) is 6.23 Å². The molecule has 30 heavy (non-hydrogen) atoms. The number of rotatable bonds is 4. The number of benzene rings is 1. The highest BCUT2D eigenvalue weighted by Gasteiger charge is 2.21. The first-order valence-electron chi connectivity index (χ1n) is 10.2. The maximum atomic E-state index is 8.99. The van der Waals surface area contributed by atoms with Gasteiger partial charge in [-0.15, -0.1) is 0 Å². The SMILES string of the molecule is Cc1nn(C2CCCCO2)c2cc(-c3ccnn3Cc3ccc(C#N)cc3)cnc12. The van der Waals surface area contributed by atoms with Gasteiger partial charge in [-0.2, -0.15) is 15.5 Å². The zero-order chi connectivity index (χ0) is 20.5. The molecule has 0 N–H and O–H groups in total. The summed E-state index contributed by atoms with van der Waals surface area (Å²) in [5.74, 6) is 0. The third-order valence-electron chi connectivity index (χ3n) is 5.57. The van der Waals surface area contributed by atoms with Crippen molar-refractivity contribution in [1.82, 2.24) is 24.5 Å². The molecule has 7 nitrogen and oxygen atoms in total. The molecular formula is C23H22N6O. The average molecular weight is 398 g/mol. The van der Waals surface area contributed by atoms with Crippen LogP contribution in [0.2, 0.25) is 0 Å². The number of hydrogen-bond acceptors (Lipinski definition) is 5. The summed E-state index contributed by atoms with van der Waals surface area (Å²) in [5, 5.41) is 18.2. The molecule has 0 saturated carbocycles. The number of ether oxygens (including phenoxy) is 1. The molecule has 1 saturated heterocycles. The first-order chi connectivity index (χ1) is 14.7. The van der Waals surface area contributed by atoms with Gasteiger partial charge in [0.25, 0.3) is 0 Å². The lowest BCUT2D eigenvalue weighted by Gasteiger charge is -2.23. The van der Waals surface area contributed by atoms with Crippen molar-refractivity contribution in [1.29, 1.82) is 5.26 Å². The lowest BCUT2D eigenvalue weighted by molar-refractivity contribution is -0.0368. The Morgan fingerprint density at radius 2 is 2.07 bits per heavy atom. The molecular weight excluding hydrogens is 376 g/mol. The Hall–Kier alpha value is -3.50. The van der Waals surface area contributed by atoms with Gasteiger partial charge in [0.05, 0.1) is 35.1 Å². The van der Waals surface area contributed by atoms with E-state index in [0.29, 0.717) is 12.1 Å². The van der Waals surface area contributed by atoms with E-state index in [9.17, 15) is 0 Å². The van der Waals surface area contributed by atoms with Crippen molar-refractivity contribution in [3.05, 3.63) is 65.6 Å². The summed E-state index contributed by atoms with van der Waals surface area (Å²) in [6.07, 6.45) is 6.88. The summed E-state index contributed by atoms with van der Waals surface area (Å²) in [7, 11) is 0. The number of aryl methyl sites for hydroxylation is 1. The molecule has 1 atom stereocenters. The van der Waals surface area contributed by atoms with Crippen molar-refractivity contribution in [2.75, 3.05) is 6.61 Å². The molecule has 0 spiro atoms. The molecule has 4 heterocycles. The Balaban J connectivity index is 1.51. The van der Waals surface area contributed by atoms with Crippen LogP contribution in [0, 0.1) is 18.3 Å². The van der Waals surface area contributed by atoms with E-state index < -0.39 is 0 Å². The van der Waals surface area contributed by atoms with Crippen molar-refractivity contribution < 1.29 is 4.74 Å². The Bertz CT molecular complexity index is 1230. The molecule has 5 rings (SSSR count). The summed E-state index contributed by atoms with van der Waals surface area (Å²) in [4.78, 5) is 4.71. The highest BCUT2D eigenvalue weighted by atomic mass is 16.5. The smallest absolute Gasteiger partial charge is 0.150 e. The summed E-state index contributed by atoms with van der Waals surface area (Å²) in [6.45, 7) is 3.38. The highest BCUT2D eigenvalue weighted by molar-refractivity contribution is 5.82. The van der Waals surface area contributed by atoms with Gasteiger partial charge in [0.2, 0.25) is 0 Å². The molecule has 1 aliphatic rings. The standard InChI is InChI=1S/C23H22N6O/c1-16-23-21(29(27-16)22-4-2-3-11-30-22)12-19(14-25-23)20-9-10-26-28(20)15-18-7-5-17(13-24)6-8-18/h5-10,12,14,22H,2-4,11,15H2,1H3. The molecule has 150 valence electrons. The summed E-state index contributed by atoms with van der Waals surface area (Å²) < 4.78 is 9.91. The third kappa shape index (κ3) is 3.36. The second-order valence-electron chi connectivity index (χ2n) is 7.63. The van der Waals surface area contributed by atoms with Crippen molar-refractivity contribution >= 4 is 11.0 Å². The van der Waals surface area contributed by atoms with Crippen LogP contribution in [0.5, 0.6) is 0 Å². The number of fused-ring (bicyclic) bond motifs is 1. The Kier molecular flexibility index (Phi) is 4.77. The van der Waals surface area contributed by atoms with Gasteiger partial charge in [0.15, 0.2) is 6.23 Å². The Morgan fingerprint density at radius 1 is 1.20 bits per heavy atom. The monoisotopic (exact) mass is 398 g/mol. The zero-order valence-electron chi connectivity index (χ0n) is 16.8. The topological polar surface area (TPSA) is 81.5 Å². The number of nitriles is 1. The fourth-order valence-electron chi connectivity index (χ4n) is 4.01. The van der Waals surface area contributed by atoms with Crippen molar-refractivity contribution in [2.24, 2.45) is 0 Å². The molecule has 0 radical (unpaired) electrons. The van der Waals surface area contributed by atoms with Crippen molar-refractivity contribution in [3.63, 3.8) is 0 Å². The molecule has 0 aliphatic carbocycles. The molecule has 1 unspecified atom stereocenters. The van der Waals surface area contributed by atoms with E-state index in [1.54, 1.807) is 6.20 Å². The van der Waals surface area contributed by atoms with Gasteiger partial charge in [0.1, 0.15) is 5.52 Å². The van der Waals surface area contributed by atoms with Crippen LogP contribution < -0.4 is 0 Å². The minimum Gasteiger partial charge on any atom is -0.356 e. The van der Waals surface area contributed by atoms with Gasteiger partial charge in [-0.1, -0.05) is 12.1 Å². The summed E-state index contributed by atoms with van der Waals surface area (Å²) in [6, 6.07) is 13.9. The van der Waals surface area contributed by atoms with Crippen molar-refractivity contribution in [2.45, 2.75) is 39.0 Å². The van der Waals surface area contributed by atoms with Crippen LogP contribution in [0.1, 0.15) is 42.3 Å². The molecule has 4 aromatic rings. The van der Waals surface area contributed by atoms with Gasteiger partial charge in [-0.3, -0.25) is 9.67 Å². The van der Waals surface area contributed by atoms with E-state index in [2.05, 4.69) is 17.2 Å². The summed E-state index contributed by atoms with van der Waals surface area (Å²) in [5.41, 5.74) is 6.53. The average Bonchev–Trinajstić information content (AvgIpc) is 3.39. The van der Waals surface area contributed by atoms with E-state index >= 15 is 0 Å². The molecule has 1 aromatic carbocycles. The van der Waals surface area contributed by atoms with Crippen molar-refractivity contribution in [3.8, 4) is 17.3 Å². The number of nitrogens with zero attached hydrogens (tertiary/aromatic N) is 6. The zero-order valence-corrected chi connectivity index (χ0v) is 16.8. The van der Waals surface area contributed by atoms with E-state index in [1.807, 2.05) is 52.8 Å². The molecule has 1 fully saturated rings. The first-order valence-corrected chi connectivity index (χ1v) is 10.2. The number of aromatic nitrogens is 5. The number of hydrogen-bond donors (Lipinski definition) is 0. The van der Waals surface area contributed by atoms with Crippen LogP contribution >= 0.6 is 0 Å². The van der Waals surface area contributed by atoms with Gasteiger partial charge >= 0.3 is 0 Å². The van der Waals surface area contributed by atoms with Gasteiger partial charge in [-0.25, -0.2) is 4.68 Å². The predicted molar refractivity (Wildman–Crippen MR) is 113 cm³/mol. The Labute approximate surface area is 174 Å². The maximum absolute atomic E-state index is 8.99. The predicted octanol–water partition coefficient (Wildman–Crippen LogP) is 4.22. The van der Waals surface area contributed by atoms with E-state index in [0.717, 1.165) is 59.4 Å². The fourth-order valence-corrected chi connectivity index (χ4v) is 4.01. The van der Waals surface area contributed by atoms with Crippen LogP contribution in [0.15, 0.2) is 48.8 Å². The molecule has 7 heteroatoms. The molecule has 3 aromatic heterocycles. The van der Waals surface area contributed by atoms with Crippen LogP contribution in [0.25, 0.3) is 22.3 Å². The third-order valence-corrected chi connectivity index (χ3v) is 5.57. The molecule has 1 aliphatic heterocycles. The largest absolute Gasteiger partial charge is 0.356 e. The number of pyridine rings is 1. The van der Waals surface area contributed by atoms with Gasteiger partial charge < -0.3 is 4.74 Å². The minimum atomic E-state index is -0.0319. The Morgan fingerprint density at radius 3 is 2.83 bits per heavy atom. The van der Waals surface area contributed by atoms with E-state index in [4.69, 9.17) is 20.1 Å². The van der Waals surface area contributed by atoms with Crippen LogP contribution in [-0.4, -0.2) is 31.2 Å². The van der Waals surface area contributed by atoms with Crippen LogP contribution in [0.3, 0.4) is 0 Å². The lowest BCUT2D eigenvalue weighted by Crippen LogP contribution is -2.19. The normalized spacial score (nSPS) is 16.6. The van der Waals surface area contributed by atoms with Gasteiger partial charge in [-0.05, 0) is 56.0 Å². The molecule has 0 amide bonds. The maximum Gasteiger partial charge on any atom is 0.150 e. The quantitative estimate of drug-likeness (QED) is 0.514. The second-order valence-corrected chi connectivity index (χ2v) is 7.63. The second kappa shape index (κ2) is 7.73. The van der Waals surface area contributed by atoms with Gasteiger partial charge in [0, 0.05) is 24.6 Å². The fraction of sp³-hybridized carbons (Fsp3) is 0.304. The lowest BCUT2D eigenvalue weighted by atomic mass is 10.1. The van der Waals surface area contributed by atoms with Crippen LogP contribution in [0.4, 0.5) is 0 Å². The molecule has 0 bridgehead atoms. The van der Waals surface area contributed by atoms with E-state index in [1.165, 1.54) is 0 Å². The minimum absolute atomic E-state index is 0.0319. The van der Waals surface area contributed by atoms with Crippen LogP contribution in [-0.2, 0) is 11.3 Å². The first kappa shape index (κ1) is 18.5.